The second kappa shape index (κ2) is 11.4. The highest BCUT2D eigenvalue weighted by Crippen LogP contribution is 2.43. The first-order chi connectivity index (χ1) is 10.7. The molecule has 1 saturated carbocycles. The van der Waals surface area contributed by atoms with Crippen molar-refractivity contribution in [2.24, 2.45) is 23.3 Å². The van der Waals surface area contributed by atoms with E-state index in [1.807, 2.05) is 0 Å². The molecular formula is C19H40N2O. The van der Waals surface area contributed by atoms with Gasteiger partial charge in [-0.15, -0.1) is 0 Å². The van der Waals surface area contributed by atoms with Crippen LogP contribution in [0, 0.1) is 11.8 Å². The summed E-state index contributed by atoms with van der Waals surface area (Å²) in [4.78, 5) is 0. The Balaban J connectivity index is 2.34. The Kier molecular flexibility index (Phi) is 10.3. The molecule has 3 unspecified atom stereocenters. The summed E-state index contributed by atoms with van der Waals surface area (Å²) in [7, 11) is 0. The predicted molar refractivity (Wildman–Crippen MR) is 95.7 cm³/mol. The molecule has 0 amide bonds. The summed E-state index contributed by atoms with van der Waals surface area (Å²) < 4.78 is 0. The Morgan fingerprint density at radius 1 is 0.955 bits per heavy atom. The maximum Gasteiger partial charge on any atom is 0.0431 e. The third-order valence-electron chi connectivity index (χ3n) is 5.77. The van der Waals surface area contributed by atoms with E-state index in [-0.39, 0.29) is 5.54 Å². The Labute approximate surface area is 138 Å². The average Bonchev–Trinajstić information content (AvgIpc) is 2.85. The van der Waals surface area contributed by atoms with Crippen molar-refractivity contribution in [2.75, 3.05) is 13.2 Å². The van der Waals surface area contributed by atoms with Crippen molar-refractivity contribution in [3.05, 3.63) is 0 Å². The van der Waals surface area contributed by atoms with Crippen LogP contribution in [0.3, 0.4) is 0 Å². The lowest BCUT2D eigenvalue weighted by atomic mass is 9.78. The minimum atomic E-state index is -0.0967. The Morgan fingerprint density at radius 2 is 1.59 bits per heavy atom. The maximum atomic E-state index is 8.82. The summed E-state index contributed by atoms with van der Waals surface area (Å²) in [5.41, 5.74) is 12.5. The SMILES string of the molecule is CCCCCCC1CCC(N)(CN)C1CCCCCCCO. The fourth-order valence-corrected chi connectivity index (χ4v) is 4.27. The molecule has 1 aliphatic carbocycles. The van der Waals surface area contributed by atoms with Gasteiger partial charge in [-0.25, -0.2) is 0 Å². The molecule has 3 nitrogen and oxygen atoms in total. The van der Waals surface area contributed by atoms with Gasteiger partial charge in [-0.05, 0) is 37.5 Å². The van der Waals surface area contributed by atoms with Crippen LogP contribution in [-0.2, 0) is 0 Å². The van der Waals surface area contributed by atoms with Crippen molar-refractivity contribution in [2.45, 2.75) is 95.9 Å². The smallest absolute Gasteiger partial charge is 0.0431 e. The summed E-state index contributed by atoms with van der Waals surface area (Å²) in [5, 5.41) is 8.82. The molecule has 0 aromatic rings. The third kappa shape index (κ3) is 6.55. The van der Waals surface area contributed by atoms with E-state index < -0.39 is 0 Å². The summed E-state index contributed by atoms with van der Waals surface area (Å²) in [6.45, 7) is 3.25. The number of hydrogen-bond acceptors (Lipinski definition) is 3. The average molecular weight is 313 g/mol. The van der Waals surface area contributed by atoms with E-state index in [1.54, 1.807) is 0 Å². The molecule has 0 saturated heterocycles. The van der Waals surface area contributed by atoms with Crippen molar-refractivity contribution < 1.29 is 5.11 Å². The molecule has 0 aromatic heterocycles. The van der Waals surface area contributed by atoms with Gasteiger partial charge in [-0.1, -0.05) is 64.7 Å². The van der Waals surface area contributed by atoms with Crippen LogP contribution >= 0.6 is 0 Å². The first-order valence-corrected chi connectivity index (χ1v) is 9.77. The Bertz CT molecular complexity index is 272. The first-order valence-electron chi connectivity index (χ1n) is 9.77. The molecule has 0 radical (unpaired) electrons. The van der Waals surface area contributed by atoms with Crippen LogP contribution < -0.4 is 11.5 Å². The van der Waals surface area contributed by atoms with E-state index in [9.17, 15) is 0 Å². The lowest BCUT2D eigenvalue weighted by Crippen LogP contribution is -2.51. The van der Waals surface area contributed by atoms with Crippen LogP contribution in [0.5, 0.6) is 0 Å². The van der Waals surface area contributed by atoms with Crippen LogP contribution in [0.2, 0.25) is 0 Å². The van der Waals surface area contributed by atoms with Crippen molar-refractivity contribution in [3.8, 4) is 0 Å². The zero-order valence-electron chi connectivity index (χ0n) is 14.9. The van der Waals surface area contributed by atoms with Crippen LogP contribution in [0.1, 0.15) is 90.4 Å². The number of unbranched alkanes of at least 4 members (excludes halogenated alkanes) is 7. The van der Waals surface area contributed by atoms with Gasteiger partial charge in [0.05, 0.1) is 0 Å². The monoisotopic (exact) mass is 312 g/mol. The summed E-state index contributed by atoms with van der Waals surface area (Å²) in [6, 6.07) is 0. The molecule has 0 bridgehead atoms. The van der Waals surface area contributed by atoms with Crippen molar-refractivity contribution >= 4 is 0 Å². The summed E-state index contributed by atoms with van der Waals surface area (Å²) in [5.74, 6) is 1.44. The zero-order valence-corrected chi connectivity index (χ0v) is 14.9. The summed E-state index contributed by atoms with van der Waals surface area (Å²) >= 11 is 0. The maximum absolute atomic E-state index is 8.82. The van der Waals surface area contributed by atoms with E-state index in [2.05, 4.69) is 6.92 Å². The van der Waals surface area contributed by atoms with Gasteiger partial charge in [0.25, 0.3) is 0 Å². The van der Waals surface area contributed by atoms with Crippen LogP contribution in [0.25, 0.3) is 0 Å². The number of aliphatic hydroxyl groups excluding tert-OH is 1. The predicted octanol–water partition coefficient (Wildman–Crippen LogP) is 3.97. The highest BCUT2D eigenvalue weighted by atomic mass is 16.2. The third-order valence-corrected chi connectivity index (χ3v) is 5.77. The molecular weight excluding hydrogens is 272 g/mol. The van der Waals surface area contributed by atoms with Crippen molar-refractivity contribution in [1.29, 1.82) is 0 Å². The normalized spacial score (nSPS) is 28.4. The van der Waals surface area contributed by atoms with Crippen molar-refractivity contribution in [1.82, 2.24) is 0 Å². The van der Waals surface area contributed by atoms with Crippen molar-refractivity contribution in [3.63, 3.8) is 0 Å². The standard InChI is InChI=1S/C19H40N2O/c1-2-3-4-8-11-17-13-14-19(21,16-20)18(17)12-9-6-5-7-10-15-22/h17-18,22H,2-16,20-21H2,1H3. The molecule has 1 aliphatic rings. The largest absolute Gasteiger partial charge is 0.396 e. The Morgan fingerprint density at radius 3 is 2.27 bits per heavy atom. The molecule has 0 heterocycles. The second-order valence-corrected chi connectivity index (χ2v) is 7.47. The van der Waals surface area contributed by atoms with Gasteiger partial charge < -0.3 is 16.6 Å². The molecule has 0 aliphatic heterocycles. The van der Waals surface area contributed by atoms with Gasteiger partial charge in [-0.3, -0.25) is 0 Å². The van der Waals surface area contributed by atoms with Gasteiger partial charge in [0, 0.05) is 18.7 Å². The lowest BCUT2D eigenvalue weighted by molar-refractivity contribution is 0.234. The first kappa shape index (κ1) is 19.9. The van der Waals surface area contributed by atoms with E-state index >= 15 is 0 Å². The zero-order chi connectivity index (χ0) is 16.3. The van der Waals surface area contributed by atoms with Gasteiger partial charge in [0.1, 0.15) is 0 Å². The van der Waals surface area contributed by atoms with Crippen LogP contribution in [0.15, 0.2) is 0 Å². The quantitative estimate of drug-likeness (QED) is 0.451. The molecule has 22 heavy (non-hydrogen) atoms. The number of rotatable bonds is 13. The van der Waals surface area contributed by atoms with Gasteiger partial charge in [-0.2, -0.15) is 0 Å². The lowest BCUT2D eigenvalue weighted by Gasteiger charge is -2.33. The van der Waals surface area contributed by atoms with Crippen LogP contribution in [-0.4, -0.2) is 23.8 Å². The topological polar surface area (TPSA) is 72.3 Å². The van der Waals surface area contributed by atoms with E-state index in [4.69, 9.17) is 16.6 Å². The number of nitrogens with two attached hydrogens (primary N) is 2. The molecule has 0 spiro atoms. The molecule has 132 valence electrons. The fourth-order valence-electron chi connectivity index (χ4n) is 4.27. The van der Waals surface area contributed by atoms with Gasteiger partial charge in [0.2, 0.25) is 0 Å². The van der Waals surface area contributed by atoms with Gasteiger partial charge >= 0.3 is 0 Å². The Hall–Kier alpha value is -0.120. The molecule has 3 heteroatoms. The van der Waals surface area contributed by atoms with E-state index in [0.717, 1.165) is 25.2 Å². The molecule has 5 N–H and O–H groups in total. The minimum Gasteiger partial charge on any atom is -0.396 e. The number of aliphatic hydroxyl groups is 1. The second-order valence-electron chi connectivity index (χ2n) is 7.47. The van der Waals surface area contributed by atoms with Crippen LogP contribution in [0.4, 0.5) is 0 Å². The molecule has 3 atom stereocenters. The fraction of sp³-hybridized carbons (Fsp3) is 1.00. The van der Waals surface area contributed by atoms with E-state index in [0.29, 0.717) is 19.1 Å². The highest BCUT2D eigenvalue weighted by Gasteiger charge is 2.43. The van der Waals surface area contributed by atoms with E-state index in [1.165, 1.54) is 64.2 Å². The number of hydrogen-bond donors (Lipinski definition) is 3. The highest BCUT2D eigenvalue weighted by molar-refractivity contribution is 5.01. The minimum absolute atomic E-state index is 0.0967. The van der Waals surface area contributed by atoms with Gasteiger partial charge in [0.15, 0.2) is 0 Å². The molecule has 1 fully saturated rings. The molecule has 0 aromatic carbocycles. The summed E-state index contributed by atoms with van der Waals surface area (Å²) in [6.07, 6.45) is 16.4. The molecule has 1 rings (SSSR count).